The molecule has 1 N–H and O–H groups in total. The molecule has 3 nitrogen and oxygen atoms in total. The average molecular weight is 344 g/mol. The number of halogens is 4. The molecule has 0 unspecified atom stereocenters. The second-order valence-corrected chi connectivity index (χ2v) is 5.18. The highest BCUT2D eigenvalue weighted by molar-refractivity contribution is 6.31. The number of rotatable bonds is 4. The molecule has 0 saturated heterocycles. The normalized spacial score (nSPS) is 11.3. The predicted octanol–water partition coefficient (Wildman–Crippen LogP) is 4.76. The average Bonchev–Trinajstić information content (AvgIpc) is 2.49. The Morgan fingerprint density at radius 1 is 1.17 bits per heavy atom. The SMILES string of the molecule is COCc1ccc(C(=O)Nc2ccc(Cl)c(C(F)(F)F)c2)cc1. The summed E-state index contributed by atoms with van der Waals surface area (Å²) in [5, 5.41) is 2.00. The van der Waals surface area contributed by atoms with Gasteiger partial charge in [0, 0.05) is 18.4 Å². The van der Waals surface area contributed by atoms with E-state index in [-0.39, 0.29) is 5.69 Å². The first-order chi connectivity index (χ1) is 10.8. The van der Waals surface area contributed by atoms with Crippen LogP contribution in [0, 0.1) is 0 Å². The Bertz CT molecular complexity index is 699. The molecule has 0 saturated carbocycles. The zero-order valence-corrected chi connectivity index (χ0v) is 12.8. The number of ether oxygens (including phenoxy) is 1. The zero-order chi connectivity index (χ0) is 17.0. The first-order valence-corrected chi connectivity index (χ1v) is 6.95. The van der Waals surface area contributed by atoms with Gasteiger partial charge in [-0.1, -0.05) is 23.7 Å². The lowest BCUT2D eigenvalue weighted by atomic mass is 10.1. The maximum absolute atomic E-state index is 12.8. The van der Waals surface area contributed by atoms with Crippen molar-refractivity contribution in [2.24, 2.45) is 0 Å². The van der Waals surface area contributed by atoms with Crippen molar-refractivity contribution in [1.82, 2.24) is 0 Å². The molecule has 7 heteroatoms. The molecule has 0 fully saturated rings. The van der Waals surface area contributed by atoms with Crippen LogP contribution in [0.25, 0.3) is 0 Å². The fourth-order valence-corrected chi connectivity index (χ4v) is 2.17. The molecule has 0 aromatic heterocycles. The van der Waals surface area contributed by atoms with Gasteiger partial charge < -0.3 is 10.1 Å². The van der Waals surface area contributed by atoms with E-state index < -0.39 is 22.7 Å². The minimum absolute atomic E-state index is 0.0210. The van der Waals surface area contributed by atoms with Crippen molar-refractivity contribution in [2.45, 2.75) is 12.8 Å². The lowest BCUT2D eigenvalue weighted by Gasteiger charge is -2.12. The first-order valence-electron chi connectivity index (χ1n) is 6.57. The van der Waals surface area contributed by atoms with Gasteiger partial charge in [0.25, 0.3) is 5.91 Å². The Kier molecular flexibility index (Phi) is 5.28. The fourth-order valence-electron chi connectivity index (χ4n) is 1.94. The molecular weight excluding hydrogens is 331 g/mol. The maximum atomic E-state index is 12.8. The quantitative estimate of drug-likeness (QED) is 0.869. The van der Waals surface area contributed by atoms with Gasteiger partial charge in [0.2, 0.25) is 0 Å². The zero-order valence-electron chi connectivity index (χ0n) is 12.1. The van der Waals surface area contributed by atoms with Crippen LogP contribution in [0.3, 0.4) is 0 Å². The number of carbonyl (C=O) groups excluding carboxylic acids is 1. The van der Waals surface area contributed by atoms with E-state index in [0.29, 0.717) is 12.2 Å². The first kappa shape index (κ1) is 17.3. The molecule has 2 aromatic carbocycles. The highest BCUT2D eigenvalue weighted by Crippen LogP contribution is 2.36. The van der Waals surface area contributed by atoms with Crippen LogP contribution >= 0.6 is 11.6 Å². The van der Waals surface area contributed by atoms with Crippen LogP contribution in [0.1, 0.15) is 21.5 Å². The Morgan fingerprint density at radius 3 is 2.39 bits per heavy atom. The second kappa shape index (κ2) is 7.02. The summed E-state index contributed by atoms with van der Waals surface area (Å²) < 4.78 is 43.4. The van der Waals surface area contributed by atoms with Crippen molar-refractivity contribution in [1.29, 1.82) is 0 Å². The van der Waals surface area contributed by atoms with Crippen LogP contribution in [0.15, 0.2) is 42.5 Å². The van der Waals surface area contributed by atoms with Crippen LogP contribution in [0.5, 0.6) is 0 Å². The smallest absolute Gasteiger partial charge is 0.380 e. The molecule has 0 radical (unpaired) electrons. The lowest BCUT2D eigenvalue weighted by molar-refractivity contribution is -0.137. The highest BCUT2D eigenvalue weighted by atomic mass is 35.5. The summed E-state index contributed by atoms with van der Waals surface area (Å²) in [7, 11) is 1.55. The van der Waals surface area contributed by atoms with Gasteiger partial charge in [-0.2, -0.15) is 13.2 Å². The number of hydrogen-bond acceptors (Lipinski definition) is 2. The minimum atomic E-state index is -4.58. The van der Waals surface area contributed by atoms with Crippen LogP contribution in [0.2, 0.25) is 5.02 Å². The predicted molar refractivity (Wildman–Crippen MR) is 81.6 cm³/mol. The van der Waals surface area contributed by atoms with Gasteiger partial charge in [0.05, 0.1) is 17.2 Å². The number of alkyl halides is 3. The van der Waals surface area contributed by atoms with E-state index in [0.717, 1.165) is 17.7 Å². The van der Waals surface area contributed by atoms with Crippen molar-refractivity contribution in [3.05, 3.63) is 64.2 Å². The highest BCUT2D eigenvalue weighted by Gasteiger charge is 2.33. The number of amides is 1. The molecule has 23 heavy (non-hydrogen) atoms. The van der Waals surface area contributed by atoms with Gasteiger partial charge in [-0.15, -0.1) is 0 Å². The molecule has 2 aromatic rings. The second-order valence-electron chi connectivity index (χ2n) is 4.78. The van der Waals surface area contributed by atoms with E-state index in [9.17, 15) is 18.0 Å². The summed E-state index contributed by atoms with van der Waals surface area (Å²) in [5.74, 6) is -0.510. The molecule has 2 rings (SSSR count). The molecule has 0 atom stereocenters. The van der Waals surface area contributed by atoms with E-state index in [1.807, 2.05) is 0 Å². The molecule has 122 valence electrons. The van der Waals surface area contributed by atoms with Gasteiger partial charge in [-0.25, -0.2) is 0 Å². The Labute approximate surface area is 136 Å². The molecule has 0 aliphatic heterocycles. The van der Waals surface area contributed by atoms with Gasteiger partial charge in [0.1, 0.15) is 0 Å². The topological polar surface area (TPSA) is 38.3 Å². The third-order valence-corrected chi connectivity index (χ3v) is 3.39. The monoisotopic (exact) mass is 343 g/mol. The van der Waals surface area contributed by atoms with Gasteiger partial charge in [-0.3, -0.25) is 4.79 Å². The molecule has 0 aliphatic carbocycles. The summed E-state index contributed by atoms with van der Waals surface area (Å²) >= 11 is 5.54. The summed E-state index contributed by atoms with van der Waals surface area (Å²) in [6.45, 7) is 0.411. The molecule has 0 spiro atoms. The van der Waals surface area contributed by atoms with Gasteiger partial charge >= 0.3 is 6.18 Å². The lowest BCUT2D eigenvalue weighted by Crippen LogP contribution is -2.13. The summed E-state index contributed by atoms with van der Waals surface area (Å²) in [5.41, 5.74) is 0.239. The summed E-state index contributed by atoms with van der Waals surface area (Å²) in [6, 6.07) is 9.79. The van der Waals surface area contributed by atoms with Crippen LogP contribution in [-0.2, 0) is 17.5 Å². The number of anilines is 1. The van der Waals surface area contributed by atoms with Crippen molar-refractivity contribution in [3.63, 3.8) is 0 Å². The third-order valence-electron chi connectivity index (χ3n) is 3.06. The molecule has 0 aliphatic rings. The van der Waals surface area contributed by atoms with E-state index in [1.54, 1.807) is 31.4 Å². The van der Waals surface area contributed by atoms with Crippen molar-refractivity contribution in [3.8, 4) is 0 Å². The number of carbonyl (C=O) groups is 1. The Morgan fingerprint density at radius 2 is 1.83 bits per heavy atom. The largest absolute Gasteiger partial charge is 0.417 e. The maximum Gasteiger partial charge on any atom is 0.417 e. The molecule has 0 heterocycles. The Balaban J connectivity index is 2.17. The standard InChI is InChI=1S/C16H13ClF3NO2/c1-23-9-10-2-4-11(5-3-10)15(22)21-12-6-7-14(17)13(8-12)16(18,19)20/h2-8H,9H2,1H3,(H,21,22). The molecular formula is C16H13ClF3NO2. The van der Waals surface area contributed by atoms with Crippen molar-refractivity contribution in [2.75, 3.05) is 12.4 Å². The summed E-state index contributed by atoms with van der Waals surface area (Å²) in [4.78, 5) is 12.1. The van der Waals surface area contributed by atoms with Gasteiger partial charge in [0.15, 0.2) is 0 Å². The minimum Gasteiger partial charge on any atom is -0.380 e. The van der Waals surface area contributed by atoms with Crippen LogP contribution in [0.4, 0.5) is 18.9 Å². The van der Waals surface area contributed by atoms with E-state index in [1.165, 1.54) is 6.07 Å². The fraction of sp³-hybridized carbons (Fsp3) is 0.188. The van der Waals surface area contributed by atoms with Gasteiger partial charge in [-0.05, 0) is 35.9 Å². The molecule has 0 bridgehead atoms. The van der Waals surface area contributed by atoms with Crippen LogP contribution < -0.4 is 5.32 Å². The Hall–Kier alpha value is -2.05. The molecule has 1 amide bonds. The van der Waals surface area contributed by atoms with E-state index >= 15 is 0 Å². The third kappa shape index (κ3) is 4.46. The van der Waals surface area contributed by atoms with E-state index in [2.05, 4.69) is 5.32 Å². The number of methoxy groups -OCH3 is 1. The van der Waals surface area contributed by atoms with Crippen molar-refractivity contribution >= 4 is 23.2 Å². The van der Waals surface area contributed by atoms with Crippen LogP contribution in [-0.4, -0.2) is 13.0 Å². The number of benzene rings is 2. The summed E-state index contributed by atoms with van der Waals surface area (Å²) in [6.07, 6.45) is -4.58. The van der Waals surface area contributed by atoms with Crippen molar-refractivity contribution < 1.29 is 22.7 Å². The number of hydrogen-bond donors (Lipinski definition) is 1. The number of nitrogens with one attached hydrogen (secondary N) is 1. The van der Waals surface area contributed by atoms with E-state index in [4.69, 9.17) is 16.3 Å².